The van der Waals surface area contributed by atoms with Crippen molar-refractivity contribution in [2.75, 3.05) is 5.73 Å². The monoisotopic (exact) mass is 237 g/mol. The molecule has 0 bridgehead atoms. The van der Waals surface area contributed by atoms with Gasteiger partial charge in [-0.25, -0.2) is 4.39 Å². The summed E-state index contributed by atoms with van der Waals surface area (Å²) in [6, 6.07) is 3.95. The van der Waals surface area contributed by atoms with Gasteiger partial charge in [0.2, 0.25) is 0 Å². The lowest BCUT2D eigenvalue weighted by atomic mass is 9.84. The van der Waals surface area contributed by atoms with Gasteiger partial charge >= 0.3 is 5.97 Å². The van der Waals surface area contributed by atoms with Crippen molar-refractivity contribution in [3.63, 3.8) is 0 Å². The van der Waals surface area contributed by atoms with Gasteiger partial charge in [-0.15, -0.1) is 0 Å². The molecule has 0 heterocycles. The van der Waals surface area contributed by atoms with E-state index in [0.717, 1.165) is 25.7 Å². The van der Waals surface area contributed by atoms with Crippen molar-refractivity contribution >= 4 is 11.7 Å². The van der Waals surface area contributed by atoms with E-state index in [1.54, 1.807) is 0 Å². The number of benzene rings is 1. The van der Waals surface area contributed by atoms with E-state index in [1.807, 2.05) is 0 Å². The van der Waals surface area contributed by atoms with Crippen molar-refractivity contribution in [2.24, 2.45) is 5.92 Å². The number of aliphatic carboxylic acids is 1. The van der Waals surface area contributed by atoms with Gasteiger partial charge in [-0.2, -0.15) is 0 Å². The molecule has 1 aromatic rings. The molecule has 4 heteroatoms. The van der Waals surface area contributed by atoms with E-state index in [4.69, 9.17) is 5.73 Å². The average Bonchev–Trinajstić information content (AvgIpc) is 2.76. The lowest BCUT2D eigenvalue weighted by Crippen LogP contribution is -2.21. The summed E-state index contributed by atoms with van der Waals surface area (Å²) in [6.45, 7) is 0. The van der Waals surface area contributed by atoms with Crippen molar-refractivity contribution < 1.29 is 14.3 Å². The standard InChI is InChI=1S/C13H16FNO2/c14-9-5-6-11(15)10(7-9)12(13(16)17)8-3-1-2-4-8/h5-8,12H,1-4,15H2,(H,16,17). The summed E-state index contributed by atoms with van der Waals surface area (Å²) in [6.07, 6.45) is 3.85. The van der Waals surface area contributed by atoms with Gasteiger partial charge in [0.15, 0.2) is 0 Å². The van der Waals surface area contributed by atoms with Crippen LogP contribution >= 0.6 is 0 Å². The lowest BCUT2D eigenvalue weighted by Gasteiger charge is -2.21. The zero-order valence-electron chi connectivity index (χ0n) is 9.53. The van der Waals surface area contributed by atoms with Gasteiger partial charge in [0.05, 0.1) is 5.92 Å². The molecule has 1 unspecified atom stereocenters. The minimum absolute atomic E-state index is 0.0802. The summed E-state index contributed by atoms with van der Waals surface area (Å²) < 4.78 is 13.2. The Hall–Kier alpha value is -1.58. The largest absolute Gasteiger partial charge is 0.481 e. The first kappa shape index (κ1) is 11.9. The van der Waals surface area contributed by atoms with Crippen LogP contribution in [0.25, 0.3) is 0 Å². The van der Waals surface area contributed by atoms with E-state index < -0.39 is 17.7 Å². The van der Waals surface area contributed by atoms with Crippen LogP contribution in [0.15, 0.2) is 18.2 Å². The molecule has 0 amide bonds. The van der Waals surface area contributed by atoms with Gasteiger partial charge in [0, 0.05) is 5.69 Å². The van der Waals surface area contributed by atoms with Crippen LogP contribution in [0.5, 0.6) is 0 Å². The fraction of sp³-hybridized carbons (Fsp3) is 0.462. The van der Waals surface area contributed by atoms with Crippen molar-refractivity contribution in [3.05, 3.63) is 29.6 Å². The van der Waals surface area contributed by atoms with Gasteiger partial charge in [0.1, 0.15) is 5.82 Å². The molecule has 0 radical (unpaired) electrons. The Balaban J connectivity index is 2.37. The molecule has 0 saturated heterocycles. The maximum Gasteiger partial charge on any atom is 0.311 e. The molecule has 1 saturated carbocycles. The number of carboxylic acid groups (broad SMARTS) is 1. The van der Waals surface area contributed by atoms with Crippen LogP contribution in [-0.4, -0.2) is 11.1 Å². The van der Waals surface area contributed by atoms with Crippen LogP contribution in [-0.2, 0) is 4.79 Å². The number of nitrogens with two attached hydrogens (primary N) is 1. The van der Waals surface area contributed by atoms with Gasteiger partial charge in [-0.05, 0) is 42.5 Å². The Morgan fingerprint density at radius 2 is 2.06 bits per heavy atom. The molecule has 17 heavy (non-hydrogen) atoms. The molecule has 1 aliphatic carbocycles. The molecule has 3 N–H and O–H groups in total. The molecule has 1 aliphatic rings. The summed E-state index contributed by atoms with van der Waals surface area (Å²) >= 11 is 0. The summed E-state index contributed by atoms with van der Waals surface area (Å²) in [4.78, 5) is 11.4. The second-order valence-electron chi connectivity index (χ2n) is 4.63. The van der Waals surface area contributed by atoms with Crippen LogP contribution in [0.1, 0.15) is 37.2 Å². The molecule has 2 rings (SSSR count). The molecule has 0 spiro atoms. The van der Waals surface area contributed by atoms with Crippen LogP contribution in [0, 0.1) is 11.7 Å². The number of carbonyl (C=O) groups is 1. The first-order valence-electron chi connectivity index (χ1n) is 5.87. The molecule has 1 aromatic carbocycles. The first-order chi connectivity index (χ1) is 8.09. The number of halogens is 1. The Morgan fingerprint density at radius 3 is 2.65 bits per heavy atom. The second kappa shape index (κ2) is 4.73. The zero-order chi connectivity index (χ0) is 12.4. The summed E-state index contributed by atoms with van der Waals surface area (Å²) in [5, 5.41) is 9.32. The highest BCUT2D eigenvalue weighted by molar-refractivity contribution is 5.79. The third kappa shape index (κ3) is 2.40. The number of carboxylic acids is 1. The molecule has 1 atom stereocenters. The van der Waals surface area contributed by atoms with E-state index in [2.05, 4.69) is 0 Å². The smallest absolute Gasteiger partial charge is 0.311 e. The predicted molar refractivity (Wildman–Crippen MR) is 63.1 cm³/mol. The van der Waals surface area contributed by atoms with Crippen molar-refractivity contribution in [3.8, 4) is 0 Å². The SMILES string of the molecule is Nc1ccc(F)cc1C(C(=O)O)C1CCCC1. The number of anilines is 1. The highest BCUT2D eigenvalue weighted by Crippen LogP contribution is 2.39. The highest BCUT2D eigenvalue weighted by Gasteiger charge is 2.33. The number of hydrogen-bond acceptors (Lipinski definition) is 2. The number of rotatable bonds is 3. The fourth-order valence-electron chi connectivity index (χ4n) is 2.69. The topological polar surface area (TPSA) is 63.3 Å². The Morgan fingerprint density at radius 1 is 1.41 bits per heavy atom. The average molecular weight is 237 g/mol. The van der Waals surface area contributed by atoms with Crippen molar-refractivity contribution in [2.45, 2.75) is 31.6 Å². The second-order valence-corrected chi connectivity index (χ2v) is 4.63. The van der Waals surface area contributed by atoms with Crippen molar-refractivity contribution in [1.82, 2.24) is 0 Å². The maximum absolute atomic E-state index is 13.2. The summed E-state index contributed by atoms with van der Waals surface area (Å²) in [7, 11) is 0. The minimum Gasteiger partial charge on any atom is -0.481 e. The number of nitrogen functional groups attached to an aromatic ring is 1. The van der Waals surface area contributed by atoms with E-state index >= 15 is 0 Å². The Bertz CT molecular complexity index is 427. The third-order valence-corrected chi connectivity index (χ3v) is 3.52. The van der Waals surface area contributed by atoms with Crippen molar-refractivity contribution in [1.29, 1.82) is 0 Å². The lowest BCUT2D eigenvalue weighted by molar-refractivity contribution is -0.140. The third-order valence-electron chi connectivity index (χ3n) is 3.52. The molecule has 0 aliphatic heterocycles. The molecule has 0 aromatic heterocycles. The van der Waals surface area contributed by atoms with E-state index in [1.165, 1.54) is 18.2 Å². The van der Waals surface area contributed by atoms with Gasteiger partial charge < -0.3 is 10.8 Å². The first-order valence-corrected chi connectivity index (χ1v) is 5.87. The van der Waals surface area contributed by atoms with Crippen LogP contribution in [0.3, 0.4) is 0 Å². The molecular formula is C13H16FNO2. The van der Waals surface area contributed by atoms with E-state index in [0.29, 0.717) is 11.3 Å². The quantitative estimate of drug-likeness (QED) is 0.794. The normalized spacial score (nSPS) is 18.2. The maximum atomic E-state index is 13.2. The summed E-state index contributed by atoms with van der Waals surface area (Å²) in [5.41, 5.74) is 6.55. The summed E-state index contributed by atoms with van der Waals surface area (Å²) in [5.74, 6) is -1.93. The molecule has 3 nitrogen and oxygen atoms in total. The Kier molecular flexibility index (Phi) is 3.31. The van der Waals surface area contributed by atoms with E-state index in [9.17, 15) is 14.3 Å². The Labute approximate surface area is 99.4 Å². The van der Waals surface area contributed by atoms with Gasteiger partial charge in [-0.3, -0.25) is 4.79 Å². The minimum atomic E-state index is -0.908. The highest BCUT2D eigenvalue weighted by atomic mass is 19.1. The van der Waals surface area contributed by atoms with E-state index in [-0.39, 0.29) is 5.92 Å². The van der Waals surface area contributed by atoms with Crippen LogP contribution < -0.4 is 5.73 Å². The zero-order valence-corrected chi connectivity index (χ0v) is 9.53. The number of hydrogen-bond donors (Lipinski definition) is 2. The molecular weight excluding hydrogens is 221 g/mol. The van der Waals surface area contributed by atoms with Gasteiger partial charge in [-0.1, -0.05) is 12.8 Å². The fourth-order valence-corrected chi connectivity index (χ4v) is 2.69. The van der Waals surface area contributed by atoms with Crippen LogP contribution in [0.4, 0.5) is 10.1 Å². The molecule has 92 valence electrons. The predicted octanol–water partition coefficient (Wildman–Crippen LogP) is 2.77. The van der Waals surface area contributed by atoms with Gasteiger partial charge in [0.25, 0.3) is 0 Å². The molecule has 1 fully saturated rings. The van der Waals surface area contributed by atoms with Crippen LogP contribution in [0.2, 0.25) is 0 Å².